The van der Waals surface area contributed by atoms with Gasteiger partial charge in [0.2, 0.25) is 5.91 Å². The van der Waals surface area contributed by atoms with E-state index in [0.29, 0.717) is 18.9 Å². The van der Waals surface area contributed by atoms with Gasteiger partial charge >= 0.3 is 0 Å². The van der Waals surface area contributed by atoms with Gasteiger partial charge in [0.15, 0.2) is 0 Å². The summed E-state index contributed by atoms with van der Waals surface area (Å²) in [5.41, 5.74) is 5.34. The second-order valence-corrected chi connectivity index (χ2v) is 7.76. The third kappa shape index (κ3) is 4.40. The molecule has 2 atom stereocenters. The van der Waals surface area contributed by atoms with E-state index in [4.69, 9.17) is 10.5 Å². The number of halogens is 1. The van der Waals surface area contributed by atoms with E-state index in [1.54, 1.807) is 0 Å². The van der Waals surface area contributed by atoms with Gasteiger partial charge in [0.1, 0.15) is 5.54 Å². The Balaban J connectivity index is 0.00000264. The smallest absolute Gasteiger partial charge is 0.240 e. The third-order valence-electron chi connectivity index (χ3n) is 6.01. The van der Waals surface area contributed by atoms with Crippen LogP contribution in [0.3, 0.4) is 0 Å². The highest BCUT2D eigenvalue weighted by molar-refractivity contribution is 5.88. The highest BCUT2D eigenvalue weighted by Gasteiger charge is 2.62. The highest BCUT2D eigenvalue weighted by atomic mass is 35.5. The topological polar surface area (TPSA) is 64.3 Å². The average molecular weight is 347 g/mol. The fraction of sp³-hybridized carbons (Fsp3) is 0.944. The van der Waals surface area contributed by atoms with Crippen LogP contribution in [0.4, 0.5) is 0 Å². The molecule has 0 aliphatic heterocycles. The summed E-state index contributed by atoms with van der Waals surface area (Å²) in [4.78, 5) is 12.6. The predicted molar refractivity (Wildman–Crippen MR) is 96.8 cm³/mol. The van der Waals surface area contributed by atoms with E-state index in [-0.39, 0.29) is 29.8 Å². The van der Waals surface area contributed by atoms with Crippen molar-refractivity contribution in [2.75, 3.05) is 13.2 Å². The first-order valence-electron chi connectivity index (χ1n) is 9.10. The molecule has 5 heteroatoms. The van der Waals surface area contributed by atoms with Crippen molar-refractivity contribution in [1.29, 1.82) is 0 Å². The van der Waals surface area contributed by atoms with Crippen LogP contribution in [-0.2, 0) is 9.53 Å². The predicted octanol–water partition coefficient (Wildman–Crippen LogP) is 3.42. The molecule has 23 heavy (non-hydrogen) atoms. The fourth-order valence-electron chi connectivity index (χ4n) is 3.96. The number of nitrogens with one attached hydrogen (secondary N) is 1. The normalized spacial score (nSPS) is 31.2. The molecular formula is C18H35ClN2O2. The number of hydrogen-bond acceptors (Lipinski definition) is 3. The number of carbonyl (C=O) groups is 1. The monoisotopic (exact) mass is 346 g/mol. The van der Waals surface area contributed by atoms with E-state index < -0.39 is 5.54 Å². The Kier molecular flexibility index (Phi) is 7.82. The second kappa shape index (κ2) is 8.68. The number of nitrogens with two attached hydrogens (primary N) is 1. The van der Waals surface area contributed by atoms with Gasteiger partial charge in [-0.3, -0.25) is 4.79 Å². The Labute approximate surface area is 147 Å². The van der Waals surface area contributed by atoms with Crippen molar-refractivity contribution in [2.45, 2.75) is 83.8 Å². The van der Waals surface area contributed by atoms with E-state index >= 15 is 0 Å². The van der Waals surface area contributed by atoms with Crippen molar-refractivity contribution in [3.8, 4) is 0 Å². The molecule has 2 saturated carbocycles. The average Bonchev–Trinajstić information content (AvgIpc) is 2.45. The Morgan fingerprint density at radius 1 is 1.17 bits per heavy atom. The van der Waals surface area contributed by atoms with Crippen molar-refractivity contribution in [3.63, 3.8) is 0 Å². The van der Waals surface area contributed by atoms with Crippen molar-refractivity contribution in [2.24, 2.45) is 17.1 Å². The van der Waals surface area contributed by atoms with E-state index in [2.05, 4.69) is 5.32 Å². The molecule has 0 bridgehead atoms. The maximum Gasteiger partial charge on any atom is 0.240 e. The van der Waals surface area contributed by atoms with E-state index in [1.807, 2.05) is 20.8 Å². The van der Waals surface area contributed by atoms with Gasteiger partial charge in [-0.15, -0.1) is 12.4 Å². The van der Waals surface area contributed by atoms with Gasteiger partial charge in [-0.05, 0) is 25.7 Å². The molecule has 0 radical (unpaired) electrons. The van der Waals surface area contributed by atoms with Gasteiger partial charge in [0, 0.05) is 25.0 Å². The summed E-state index contributed by atoms with van der Waals surface area (Å²) >= 11 is 0. The fourth-order valence-corrected chi connectivity index (χ4v) is 3.96. The lowest BCUT2D eigenvalue weighted by atomic mass is 9.54. The highest BCUT2D eigenvalue weighted by Crippen LogP contribution is 2.49. The molecule has 3 N–H and O–H groups in total. The maximum atomic E-state index is 12.6. The lowest BCUT2D eigenvalue weighted by Gasteiger charge is -2.57. The molecular weight excluding hydrogens is 312 g/mol. The molecule has 0 spiro atoms. The van der Waals surface area contributed by atoms with Crippen LogP contribution in [0.1, 0.15) is 72.1 Å². The summed E-state index contributed by atoms with van der Waals surface area (Å²) in [5, 5.41) is 3.14. The van der Waals surface area contributed by atoms with Gasteiger partial charge in [-0.2, -0.15) is 0 Å². The summed E-state index contributed by atoms with van der Waals surface area (Å²) in [6.07, 6.45) is 9.85. The number of hydrogen-bond donors (Lipinski definition) is 2. The second-order valence-electron chi connectivity index (χ2n) is 7.76. The van der Waals surface area contributed by atoms with Crippen molar-refractivity contribution < 1.29 is 9.53 Å². The zero-order chi connectivity index (χ0) is 16.2. The number of rotatable bonds is 5. The van der Waals surface area contributed by atoms with Gasteiger partial charge in [0.05, 0.1) is 6.10 Å². The maximum absolute atomic E-state index is 12.6. The van der Waals surface area contributed by atoms with Crippen LogP contribution in [0, 0.1) is 11.3 Å². The lowest BCUT2D eigenvalue weighted by molar-refractivity contribution is -0.170. The Morgan fingerprint density at radius 3 is 2.26 bits per heavy atom. The van der Waals surface area contributed by atoms with Crippen molar-refractivity contribution in [1.82, 2.24) is 5.32 Å². The molecule has 0 saturated heterocycles. The molecule has 2 rings (SSSR count). The third-order valence-corrected chi connectivity index (χ3v) is 6.01. The van der Waals surface area contributed by atoms with E-state index in [9.17, 15) is 4.79 Å². The van der Waals surface area contributed by atoms with Crippen LogP contribution in [0.15, 0.2) is 0 Å². The first kappa shape index (κ1) is 20.7. The minimum atomic E-state index is -0.783. The minimum absolute atomic E-state index is 0. The molecule has 2 unspecified atom stereocenters. The van der Waals surface area contributed by atoms with Crippen LogP contribution < -0.4 is 11.1 Å². The van der Waals surface area contributed by atoms with Crippen LogP contribution in [0.2, 0.25) is 0 Å². The quantitative estimate of drug-likeness (QED) is 0.801. The number of carbonyl (C=O) groups excluding carboxylic acids is 1. The Morgan fingerprint density at radius 2 is 1.74 bits per heavy atom. The van der Waals surface area contributed by atoms with E-state index in [0.717, 1.165) is 6.54 Å². The van der Waals surface area contributed by atoms with E-state index in [1.165, 1.54) is 44.9 Å². The summed E-state index contributed by atoms with van der Waals surface area (Å²) in [6, 6.07) is 0. The molecule has 136 valence electrons. The van der Waals surface area contributed by atoms with Crippen LogP contribution in [0.5, 0.6) is 0 Å². The van der Waals surface area contributed by atoms with Gasteiger partial charge in [0.25, 0.3) is 0 Å². The minimum Gasteiger partial charge on any atom is -0.378 e. The first-order valence-corrected chi connectivity index (χ1v) is 9.10. The van der Waals surface area contributed by atoms with Crippen LogP contribution >= 0.6 is 12.4 Å². The van der Waals surface area contributed by atoms with Crippen LogP contribution in [-0.4, -0.2) is 30.7 Å². The Bertz CT molecular complexity index is 381. The standard InChI is InChI=1S/C18H34N2O2.ClH/c1-4-22-15-12-18(19,17(15,2)3)16(21)20-13-14-10-8-6-5-7-9-11-14;/h14-15H,4-13,19H2,1-3H3,(H,20,21);1H. The largest absolute Gasteiger partial charge is 0.378 e. The summed E-state index contributed by atoms with van der Waals surface area (Å²) < 4.78 is 5.70. The van der Waals surface area contributed by atoms with Crippen molar-refractivity contribution >= 4 is 18.3 Å². The van der Waals surface area contributed by atoms with Gasteiger partial charge in [-0.1, -0.05) is 46.0 Å². The summed E-state index contributed by atoms with van der Waals surface area (Å²) in [5.74, 6) is 0.634. The molecule has 1 amide bonds. The first-order chi connectivity index (χ1) is 10.4. The molecule has 2 fully saturated rings. The molecule has 0 aromatic rings. The van der Waals surface area contributed by atoms with Gasteiger partial charge in [-0.25, -0.2) is 0 Å². The Hall–Kier alpha value is -0.320. The molecule has 0 aromatic carbocycles. The van der Waals surface area contributed by atoms with Crippen LogP contribution in [0.25, 0.3) is 0 Å². The summed E-state index contributed by atoms with van der Waals surface area (Å²) in [7, 11) is 0. The molecule has 2 aliphatic rings. The zero-order valence-electron chi connectivity index (χ0n) is 15.0. The van der Waals surface area contributed by atoms with Gasteiger partial charge < -0.3 is 15.8 Å². The molecule has 0 aromatic heterocycles. The SMILES string of the molecule is CCOC1CC(N)(C(=O)NCC2CCCCCCC2)C1(C)C.Cl. The molecule has 0 heterocycles. The van der Waals surface area contributed by atoms with Crippen molar-refractivity contribution in [3.05, 3.63) is 0 Å². The zero-order valence-corrected chi connectivity index (χ0v) is 15.8. The number of ether oxygens (including phenoxy) is 1. The molecule has 4 nitrogen and oxygen atoms in total. The number of amides is 1. The summed E-state index contributed by atoms with van der Waals surface area (Å²) in [6.45, 7) is 7.54. The molecule has 2 aliphatic carbocycles. The lowest BCUT2D eigenvalue weighted by Crippen LogP contribution is -2.75.